The van der Waals surface area contributed by atoms with E-state index in [1.807, 2.05) is 12.1 Å². The highest BCUT2D eigenvalue weighted by Gasteiger charge is 2.29. The van der Waals surface area contributed by atoms with Crippen LogP contribution in [0.3, 0.4) is 0 Å². The summed E-state index contributed by atoms with van der Waals surface area (Å²) in [6, 6.07) is 7.00. The summed E-state index contributed by atoms with van der Waals surface area (Å²) in [5.74, 6) is 0.956. The molecule has 0 saturated carbocycles. The molecule has 0 bridgehead atoms. The van der Waals surface area contributed by atoms with Gasteiger partial charge in [0.25, 0.3) is 0 Å². The molecule has 1 aliphatic carbocycles. The second-order valence-electron chi connectivity index (χ2n) is 6.97. The summed E-state index contributed by atoms with van der Waals surface area (Å²) in [4.78, 5) is 14.8. The lowest BCUT2D eigenvalue weighted by molar-refractivity contribution is 0.186. The molecular weight excluding hydrogens is 366 g/mol. The molecule has 0 spiro atoms. The van der Waals surface area contributed by atoms with E-state index in [0.717, 1.165) is 41.7 Å². The minimum atomic E-state index is -3.51. The highest BCUT2D eigenvalue weighted by atomic mass is 32.2. The number of benzene rings is 1. The number of carbonyl (C=O) groups is 1. The maximum atomic E-state index is 12.8. The second-order valence-corrected chi connectivity index (χ2v) is 8.82. The van der Waals surface area contributed by atoms with Crippen LogP contribution in [0.4, 0.5) is 4.79 Å². The normalized spacial score (nSPS) is 19.3. The second kappa shape index (κ2) is 7.01. The molecule has 0 saturated heterocycles. The molecule has 1 unspecified atom stereocenters. The molecule has 1 aromatic heterocycles. The molecule has 2 aliphatic rings. The number of fused-ring (bicyclic) bond motifs is 2. The number of hydrogen-bond acceptors (Lipinski definition) is 4. The molecule has 2 aromatic rings. The van der Waals surface area contributed by atoms with Crippen LogP contribution in [0.5, 0.6) is 0 Å². The number of hydrogen-bond donors (Lipinski definition) is 2. The minimum absolute atomic E-state index is 0.0302. The Kier molecular flexibility index (Phi) is 4.69. The van der Waals surface area contributed by atoms with Gasteiger partial charge >= 0.3 is 6.03 Å². The summed E-state index contributed by atoms with van der Waals surface area (Å²) < 4.78 is 32.3. The third-order valence-electron chi connectivity index (χ3n) is 5.42. The quantitative estimate of drug-likeness (QED) is 0.843. The summed E-state index contributed by atoms with van der Waals surface area (Å²) in [7, 11) is -2.10. The Morgan fingerprint density at radius 3 is 2.93 bits per heavy atom. The minimum Gasteiger partial charge on any atom is -0.469 e. The van der Waals surface area contributed by atoms with E-state index in [-0.39, 0.29) is 12.1 Å². The molecule has 27 heavy (non-hydrogen) atoms. The Bertz CT molecular complexity index is 967. The van der Waals surface area contributed by atoms with Crippen molar-refractivity contribution >= 4 is 16.1 Å². The van der Waals surface area contributed by atoms with Gasteiger partial charge in [-0.15, -0.1) is 0 Å². The number of aryl methyl sites for hydroxylation is 1. The van der Waals surface area contributed by atoms with E-state index >= 15 is 0 Å². The van der Waals surface area contributed by atoms with E-state index in [2.05, 4.69) is 10.0 Å². The molecule has 144 valence electrons. The fourth-order valence-electron chi connectivity index (χ4n) is 3.99. The van der Waals surface area contributed by atoms with Crippen molar-refractivity contribution in [2.24, 2.45) is 0 Å². The summed E-state index contributed by atoms with van der Waals surface area (Å²) >= 11 is 0. The fraction of sp³-hybridized carbons (Fsp3) is 0.421. The summed E-state index contributed by atoms with van der Waals surface area (Å²) in [6.07, 6.45) is 4.98. The van der Waals surface area contributed by atoms with Crippen LogP contribution < -0.4 is 10.0 Å². The maximum absolute atomic E-state index is 12.8. The van der Waals surface area contributed by atoms with Gasteiger partial charge in [0.05, 0.1) is 17.2 Å². The molecule has 1 atom stereocenters. The summed E-state index contributed by atoms with van der Waals surface area (Å²) in [5, 5.41) is 3.11. The van der Waals surface area contributed by atoms with Crippen LogP contribution in [0, 0.1) is 0 Å². The Hall–Kier alpha value is -2.32. The van der Waals surface area contributed by atoms with Gasteiger partial charge in [-0.05, 0) is 49.6 Å². The third-order valence-corrected chi connectivity index (χ3v) is 6.92. The van der Waals surface area contributed by atoms with Gasteiger partial charge in [0.2, 0.25) is 10.0 Å². The van der Waals surface area contributed by atoms with Gasteiger partial charge in [0, 0.05) is 25.1 Å². The van der Waals surface area contributed by atoms with E-state index < -0.39 is 10.0 Å². The number of amides is 2. The van der Waals surface area contributed by atoms with Gasteiger partial charge in [0.1, 0.15) is 5.76 Å². The highest BCUT2D eigenvalue weighted by molar-refractivity contribution is 7.89. The van der Waals surface area contributed by atoms with Crippen molar-refractivity contribution in [3.05, 3.63) is 53.0 Å². The number of furan rings is 1. The standard InChI is InChI=1S/C19H23N3O4S/c1-20-27(24,25)18-7-2-4-13-12-22(10-8-14(13)18)19(23)21-16-5-3-6-17-15(16)9-11-26-17/h2,4,7,9,11,16,20H,3,5-6,8,10,12H2,1H3,(H,21,23). The van der Waals surface area contributed by atoms with Crippen molar-refractivity contribution in [3.63, 3.8) is 0 Å². The van der Waals surface area contributed by atoms with E-state index in [1.165, 1.54) is 7.05 Å². The lowest BCUT2D eigenvalue weighted by atomic mass is 9.93. The number of carbonyl (C=O) groups excluding carboxylic acids is 1. The van der Waals surface area contributed by atoms with E-state index in [0.29, 0.717) is 24.4 Å². The predicted octanol–water partition coefficient (Wildman–Crippen LogP) is 2.33. The number of urea groups is 1. The molecule has 0 fully saturated rings. The SMILES string of the molecule is CNS(=O)(=O)c1cccc2c1CCN(C(=O)NC1CCCc3occc31)C2. The molecule has 1 aromatic carbocycles. The van der Waals surface area contributed by atoms with Gasteiger partial charge in [-0.2, -0.15) is 0 Å². The number of nitrogens with one attached hydrogen (secondary N) is 2. The largest absolute Gasteiger partial charge is 0.469 e. The van der Waals surface area contributed by atoms with Gasteiger partial charge in [-0.3, -0.25) is 0 Å². The molecule has 0 radical (unpaired) electrons. The molecule has 1 aliphatic heterocycles. The van der Waals surface area contributed by atoms with Gasteiger partial charge < -0.3 is 14.6 Å². The summed E-state index contributed by atoms with van der Waals surface area (Å²) in [6.45, 7) is 0.888. The zero-order chi connectivity index (χ0) is 19.0. The Balaban J connectivity index is 1.51. The molecule has 2 N–H and O–H groups in total. The van der Waals surface area contributed by atoms with Crippen LogP contribution in [-0.2, 0) is 29.4 Å². The van der Waals surface area contributed by atoms with Crippen LogP contribution >= 0.6 is 0 Å². The van der Waals surface area contributed by atoms with Crippen LogP contribution in [0.2, 0.25) is 0 Å². The van der Waals surface area contributed by atoms with Crippen molar-refractivity contribution in [1.29, 1.82) is 0 Å². The van der Waals surface area contributed by atoms with Crippen molar-refractivity contribution < 1.29 is 17.6 Å². The number of sulfonamides is 1. The lowest BCUT2D eigenvalue weighted by Crippen LogP contribution is -2.44. The topological polar surface area (TPSA) is 91.7 Å². The third kappa shape index (κ3) is 3.35. The van der Waals surface area contributed by atoms with E-state index in [1.54, 1.807) is 23.3 Å². The lowest BCUT2D eigenvalue weighted by Gasteiger charge is -2.32. The number of nitrogens with zero attached hydrogens (tertiary/aromatic N) is 1. The first-order chi connectivity index (χ1) is 13.0. The van der Waals surface area contributed by atoms with E-state index in [9.17, 15) is 13.2 Å². The van der Waals surface area contributed by atoms with Gasteiger partial charge in [-0.25, -0.2) is 17.9 Å². The first-order valence-electron chi connectivity index (χ1n) is 9.15. The van der Waals surface area contributed by atoms with Crippen LogP contribution in [0.15, 0.2) is 39.8 Å². The monoisotopic (exact) mass is 389 g/mol. The van der Waals surface area contributed by atoms with E-state index in [4.69, 9.17) is 4.42 Å². The molecule has 8 heteroatoms. The zero-order valence-corrected chi connectivity index (χ0v) is 16.0. The molecule has 2 amide bonds. The van der Waals surface area contributed by atoms with Gasteiger partial charge in [-0.1, -0.05) is 12.1 Å². The number of rotatable bonds is 3. The van der Waals surface area contributed by atoms with Crippen molar-refractivity contribution in [1.82, 2.24) is 14.9 Å². The predicted molar refractivity (Wildman–Crippen MR) is 99.7 cm³/mol. The van der Waals surface area contributed by atoms with Crippen LogP contribution in [0.1, 0.15) is 41.3 Å². The van der Waals surface area contributed by atoms with Crippen molar-refractivity contribution in [2.45, 2.75) is 43.2 Å². The summed E-state index contributed by atoms with van der Waals surface area (Å²) in [5.41, 5.74) is 2.74. The zero-order valence-electron chi connectivity index (χ0n) is 15.2. The fourth-order valence-corrected chi connectivity index (χ4v) is 5.02. The first-order valence-corrected chi connectivity index (χ1v) is 10.6. The van der Waals surface area contributed by atoms with Crippen molar-refractivity contribution in [2.75, 3.05) is 13.6 Å². The Morgan fingerprint density at radius 2 is 2.11 bits per heavy atom. The maximum Gasteiger partial charge on any atom is 0.318 e. The highest BCUT2D eigenvalue weighted by Crippen LogP contribution is 2.31. The first kappa shape index (κ1) is 18.1. The Labute approximate surface area is 158 Å². The van der Waals surface area contributed by atoms with Gasteiger partial charge in [0.15, 0.2) is 0 Å². The average Bonchev–Trinajstić information content (AvgIpc) is 3.17. The molecule has 4 rings (SSSR count). The van der Waals surface area contributed by atoms with Crippen molar-refractivity contribution in [3.8, 4) is 0 Å². The molecule has 7 nitrogen and oxygen atoms in total. The molecular formula is C19H23N3O4S. The average molecular weight is 389 g/mol. The molecule has 2 heterocycles. The Morgan fingerprint density at radius 1 is 1.26 bits per heavy atom. The van der Waals surface area contributed by atoms with Crippen LogP contribution in [-0.4, -0.2) is 32.9 Å². The smallest absolute Gasteiger partial charge is 0.318 e. The van der Waals surface area contributed by atoms with Crippen LogP contribution in [0.25, 0.3) is 0 Å².